The Morgan fingerprint density at radius 3 is 1.32 bits per heavy atom. The third kappa shape index (κ3) is 13.8. The molecule has 0 saturated heterocycles. The number of amides is 4. The first-order chi connectivity index (χ1) is 10.4. The van der Waals surface area contributed by atoms with E-state index in [1.807, 2.05) is 0 Å². The normalized spacial score (nSPS) is 10.7. The summed E-state index contributed by atoms with van der Waals surface area (Å²) < 4.78 is 0. The van der Waals surface area contributed by atoms with Crippen LogP contribution in [0.15, 0.2) is 24.3 Å². The molecule has 4 amide bonds. The van der Waals surface area contributed by atoms with Gasteiger partial charge in [-0.25, -0.2) is 0 Å². The molecule has 0 aliphatic rings. The molecule has 6 N–H and O–H groups in total. The lowest BCUT2D eigenvalue weighted by Crippen LogP contribution is -2.23. The number of hydrogen-bond acceptors (Lipinski definition) is 4. The predicted molar refractivity (Wildman–Crippen MR) is 81.2 cm³/mol. The number of rotatable bonds is 11. The summed E-state index contributed by atoms with van der Waals surface area (Å²) in [6.07, 6.45) is 7.58. The summed E-state index contributed by atoms with van der Waals surface area (Å²) in [5.41, 5.74) is 9.71. The topological polar surface area (TPSA) is 144 Å². The van der Waals surface area contributed by atoms with Crippen LogP contribution in [0, 0.1) is 0 Å². The first-order valence-electron chi connectivity index (χ1n) is 6.92. The summed E-state index contributed by atoms with van der Waals surface area (Å²) in [4.78, 5) is 43.2. The van der Waals surface area contributed by atoms with Gasteiger partial charge in [0.25, 0.3) is 0 Å². The van der Waals surface area contributed by atoms with Crippen LogP contribution in [0.1, 0.15) is 25.7 Å². The minimum Gasteiger partial charge on any atom is -0.366 e. The molecule has 0 atom stereocenters. The third-order valence-electron chi connectivity index (χ3n) is 2.50. The smallest absolute Gasteiger partial charge is 0.244 e. The van der Waals surface area contributed by atoms with Crippen LogP contribution in [0.25, 0.3) is 0 Å². The van der Waals surface area contributed by atoms with Gasteiger partial charge in [-0.3, -0.25) is 19.2 Å². The fourth-order valence-corrected chi connectivity index (χ4v) is 1.46. The summed E-state index contributed by atoms with van der Waals surface area (Å²) in [7, 11) is 0. The highest BCUT2D eigenvalue weighted by molar-refractivity contribution is 5.96. The number of primary amides is 2. The molecule has 0 aliphatic heterocycles. The van der Waals surface area contributed by atoms with E-state index < -0.39 is 11.8 Å². The second-order valence-corrected chi connectivity index (χ2v) is 4.47. The standard InChI is InChI=1S/C14H22N4O4/c15-11(19)5-7-13(21)17-9-3-1-2-4-10-18-14(22)8-6-12(16)20/h5-8H,1-4,9-10H2,(H2,15,19)(H2,16,20)(H,17,21)(H,18,22). The average Bonchev–Trinajstić information content (AvgIpc) is 2.45. The number of carbonyl (C=O) groups is 4. The molecular weight excluding hydrogens is 288 g/mol. The lowest BCUT2D eigenvalue weighted by Gasteiger charge is -2.03. The zero-order valence-corrected chi connectivity index (χ0v) is 12.3. The van der Waals surface area contributed by atoms with Crippen molar-refractivity contribution in [3.8, 4) is 0 Å². The Kier molecular flexibility index (Phi) is 10.7. The zero-order valence-electron chi connectivity index (χ0n) is 12.3. The van der Waals surface area contributed by atoms with Crippen molar-refractivity contribution in [2.24, 2.45) is 11.5 Å². The Morgan fingerprint density at radius 1 is 0.636 bits per heavy atom. The van der Waals surface area contributed by atoms with Gasteiger partial charge in [0.15, 0.2) is 0 Å². The van der Waals surface area contributed by atoms with Crippen LogP contribution in [-0.4, -0.2) is 36.7 Å². The summed E-state index contributed by atoms with van der Waals surface area (Å²) >= 11 is 0. The maximum absolute atomic E-state index is 11.2. The van der Waals surface area contributed by atoms with Crippen molar-refractivity contribution in [3.63, 3.8) is 0 Å². The highest BCUT2D eigenvalue weighted by atomic mass is 16.2. The van der Waals surface area contributed by atoms with Crippen molar-refractivity contribution in [3.05, 3.63) is 24.3 Å². The van der Waals surface area contributed by atoms with E-state index in [2.05, 4.69) is 10.6 Å². The zero-order chi connectivity index (χ0) is 16.8. The van der Waals surface area contributed by atoms with Crippen LogP contribution >= 0.6 is 0 Å². The van der Waals surface area contributed by atoms with Gasteiger partial charge in [0.2, 0.25) is 23.6 Å². The van der Waals surface area contributed by atoms with Crippen molar-refractivity contribution in [1.29, 1.82) is 0 Å². The second kappa shape index (κ2) is 12.1. The first-order valence-corrected chi connectivity index (χ1v) is 6.92. The molecule has 0 radical (unpaired) electrons. The Morgan fingerprint density at radius 2 is 1.00 bits per heavy atom. The second-order valence-electron chi connectivity index (χ2n) is 4.47. The van der Waals surface area contributed by atoms with E-state index in [1.54, 1.807) is 0 Å². The molecular formula is C14H22N4O4. The largest absolute Gasteiger partial charge is 0.366 e. The van der Waals surface area contributed by atoms with Gasteiger partial charge in [0.1, 0.15) is 0 Å². The minimum atomic E-state index is -0.664. The lowest BCUT2D eigenvalue weighted by atomic mass is 10.2. The van der Waals surface area contributed by atoms with Gasteiger partial charge in [-0.1, -0.05) is 12.8 Å². The van der Waals surface area contributed by atoms with E-state index in [9.17, 15) is 19.2 Å². The van der Waals surface area contributed by atoms with Crippen LogP contribution in [0.2, 0.25) is 0 Å². The minimum absolute atomic E-state index is 0.354. The van der Waals surface area contributed by atoms with E-state index in [4.69, 9.17) is 11.5 Å². The van der Waals surface area contributed by atoms with Crippen molar-refractivity contribution in [1.82, 2.24) is 10.6 Å². The number of hydrogen-bond donors (Lipinski definition) is 4. The third-order valence-corrected chi connectivity index (χ3v) is 2.50. The van der Waals surface area contributed by atoms with E-state index in [0.29, 0.717) is 13.1 Å². The molecule has 22 heavy (non-hydrogen) atoms. The lowest BCUT2D eigenvalue weighted by molar-refractivity contribution is -0.117. The molecule has 122 valence electrons. The maximum atomic E-state index is 11.2. The van der Waals surface area contributed by atoms with E-state index in [0.717, 1.165) is 50.0 Å². The fraction of sp³-hybridized carbons (Fsp3) is 0.429. The molecule has 0 aromatic carbocycles. The van der Waals surface area contributed by atoms with Gasteiger partial charge in [-0.15, -0.1) is 0 Å². The highest BCUT2D eigenvalue weighted by Crippen LogP contribution is 1.97. The maximum Gasteiger partial charge on any atom is 0.244 e. The SMILES string of the molecule is NC(=O)C=CC(=O)NCCCCCCNC(=O)C=CC(N)=O. The molecule has 0 unspecified atom stereocenters. The van der Waals surface area contributed by atoms with Crippen LogP contribution in [-0.2, 0) is 19.2 Å². The van der Waals surface area contributed by atoms with Crippen molar-refractivity contribution < 1.29 is 19.2 Å². The average molecular weight is 310 g/mol. The monoisotopic (exact) mass is 310 g/mol. The molecule has 0 aliphatic carbocycles. The number of nitrogens with two attached hydrogens (primary N) is 2. The summed E-state index contributed by atoms with van der Waals surface area (Å²) in [5, 5.41) is 5.24. The molecule has 0 saturated carbocycles. The van der Waals surface area contributed by atoms with Gasteiger partial charge < -0.3 is 22.1 Å². The molecule has 0 aromatic rings. The Hall–Kier alpha value is -2.64. The van der Waals surface area contributed by atoms with Crippen molar-refractivity contribution >= 4 is 23.6 Å². The van der Waals surface area contributed by atoms with Crippen LogP contribution < -0.4 is 22.1 Å². The predicted octanol–water partition coefficient (Wildman–Crippen LogP) is -1.14. The van der Waals surface area contributed by atoms with E-state index in [1.165, 1.54) is 0 Å². The van der Waals surface area contributed by atoms with Gasteiger partial charge in [-0.05, 0) is 12.8 Å². The fourth-order valence-electron chi connectivity index (χ4n) is 1.46. The molecule has 0 aromatic heterocycles. The van der Waals surface area contributed by atoms with Crippen molar-refractivity contribution in [2.45, 2.75) is 25.7 Å². The highest BCUT2D eigenvalue weighted by Gasteiger charge is 1.97. The molecule has 8 nitrogen and oxygen atoms in total. The molecule has 0 bridgehead atoms. The van der Waals surface area contributed by atoms with Gasteiger partial charge in [0.05, 0.1) is 0 Å². The Labute approximate surface area is 129 Å². The van der Waals surface area contributed by atoms with E-state index >= 15 is 0 Å². The number of nitrogens with one attached hydrogen (secondary N) is 2. The Bertz CT molecular complexity index is 416. The molecule has 0 heterocycles. The summed E-state index contributed by atoms with van der Waals surface area (Å²) in [6, 6.07) is 0. The quantitative estimate of drug-likeness (QED) is 0.282. The van der Waals surface area contributed by atoms with E-state index in [-0.39, 0.29) is 11.8 Å². The Balaban J connectivity index is 3.47. The molecule has 0 fully saturated rings. The summed E-state index contributed by atoms with van der Waals surface area (Å²) in [6.45, 7) is 1.02. The molecule has 8 heteroatoms. The van der Waals surface area contributed by atoms with Crippen LogP contribution in [0.4, 0.5) is 0 Å². The first kappa shape index (κ1) is 19.4. The van der Waals surface area contributed by atoms with Crippen LogP contribution in [0.3, 0.4) is 0 Å². The van der Waals surface area contributed by atoms with Crippen LogP contribution in [0.5, 0.6) is 0 Å². The molecule has 0 rings (SSSR count). The van der Waals surface area contributed by atoms with Crippen molar-refractivity contribution in [2.75, 3.05) is 13.1 Å². The molecule has 0 spiro atoms. The summed E-state index contributed by atoms with van der Waals surface area (Å²) in [5.74, 6) is -2.04. The number of unbranched alkanes of at least 4 members (excludes halogenated alkanes) is 3. The number of carbonyl (C=O) groups excluding carboxylic acids is 4. The van der Waals surface area contributed by atoms with Gasteiger partial charge in [-0.2, -0.15) is 0 Å². The van der Waals surface area contributed by atoms with Gasteiger partial charge >= 0.3 is 0 Å². The van der Waals surface area contributed by atoms with Gasteiger partial charge in [0, 0.05) is 37.4 Å².